The summed E-state index contributed by atoms with van der Waals surface area (Å²) in [6, 6.07) is 17.7. The third kappa shape index (κ3) is 6.12. The number of aromatic amines is 1. The molecule has 0 aliphatic carbocycles. The van der Waals surface area contributed by atoms with Crippen molar-refractivity contribution in [3.8, 4) is 0 Å². The number of amides is 2. The summed E-state index contributed by atoms with van der Waals surface area (Å²) in [5, 5.41) is 7.52. The molecule has 3 aromatic carbocycles. The highest BCUT2D eigenvalue weighted by Crippen LogP contribution is 2.33. The molecule has 1 fully saturated rings. The zero-order valence-corrected chi connectivity index (χ0v) is 26.4. The predicted molar refractivity (Wildman–Crippen MR) is 181 cm³/mol. The van der Waals surface area contributed by atoms with Crippen LogP contribution in [0.15, 0.2) is 71.7 Å². The summed E-state index contributed by atoms with van der Waals surface area (Å²) in [5.41, 5.74) is 5.06. The van der Waals surface area contributed by atoms with Crippen LogP contribution >= 0.6 is 0 Å². The highest BCUT2D eigenvalue weighted by Gasteiger charge is 2.29. The Balaban J connectivity index is 1.43. The van der Waals surface area contributed by atoms with Gasteiger partial charge in [-0.2, -0.15) is 0 Å². The van der Waals surface area contributed by atoms with Gasteiger partial charge in [-0.15, -0.1) is 0 Å². The third-order valence-electron chi connectivity index (χ3n) is 8.56. The molecule has 3 N–H and O–H groups in total. The van der Waals surface area contributed by atoms with Crippen LogP contribution in [0.3, 0.4) is 0 Å². The van der Waals surface area contributed by atoms with Crippen LogP contribution in [0.5, 0.6) is 0 Å². The minimum Gasteiger partial charge on any atom is -0.449 e. The molecule has 2 amide bonds. The van der Waals surface area contributed by atoms with Crippen LogP contribution in [0, 0.1) is 6.92 Å². The van der Waals surface area contributed by atoms with Crippen LogP contribution in [-0.4, -0.2) is 57.9 Å². The number of nitrogens with zero attached hydrogens (tertiary/aromatic N) is 2. The van der Waals surface area contributed by atoms with E-state index < -0.39 is 21.8 Å². The van der Waals surface area contributed by atoms with Crippen molar-refractivity contribution < 1.29 is 18.5 Å². The number of pyridine rings is 1. The van der Waals surface area contributed by atoms with Crippen molar-refractivity contribution in [3.63, 3.8) is 0 Å². The van der Waals surface area contributed by atoms with E-state index in [9.17, 15) is 18.6 Å². The van der Waals surface area contributed by atoms with E-state index in [1.807, 2.05) is 60.6 Å². The molecule has 0 saturated carbocycles. The van der Waals surface area contributed by atoms with Gasteiger partial charge in [0.05, 0.1) is 12.3 Å². The lowest BCUT2D eigenvalue weighted by atomic mass is 9.93. The number of hydrogen-bond donors (Lipinski definition) is 3. The molecular formula is C34H37N5O5S. The van der Waals surface area contributed by atoms with Crippen LogP contribution in [0.2, 0.25) is 0 Å². The normalized spacial score (nSPS) is 22.4. The number of carbonyl (C=O) groups is 2. The average molecular weight is 628 g/mol. The molecule has 1 aromatic heterocycles. The quantitative estimate of drug-likeness (QED) is 0.270. The van der Waals surface area contributed by atoms with Gasteiger partial charge >= 0.3 is 6.09 Å². The first-order chi connectivity index (χ1) is 21.5. The fourth-order valence-corrected chi connectivity index (χ4v) is 8.00. The molecule has 4 bridgehead atoms. The largest absolute Gasteiger partial charge is 0.449 e. The van der Waals surface area contributed by atoms with Crippen LogP contribution in [-0.2, 0) is 25.8 Å². The number of nitrogens with one attached hydrogen (secondary N) is 3. The number of H-pyrrole nitrogens is 1. The van der Waals surface area contributed by atoms with E-state index in [4.69, 9.17) is 4.74 Å². The van der Waals surface area contributed by atoms with E-state index in [-0.39, 0.29) is 30.5 Å². The van der Waals surface area contributed by atoms with Gasteiger partial charge in [0.2, 0.25) is 5.91 Å². The van der Waals surface area contributed by atoms with Crippen molar-refractivity contribution in [1.29, 1.82) is 0 Å². The number of likely N-dealkylation sites (N-methyl/N-ethyl adjacent to an activating group) is 1. The number of hydrogen-bond acceptors (Lipinski definition) is 6. The third-order valence-corrected chi connectivity index (χ3v) is 10.7. The second-order valence-corrected chi connectivity index (χ2v) is 14.3. The Labute approximate surface area is 262 Å². The van der Waals surface area contributed by atoms with Crippen molar-refractivity contribution in [2.45, 2.75) is 38.8 Å². The fraction of sp³-hybridized carbons (Fsp3) is 0.294. The summed E-state index contributed by atoms with van der Waals surface area (Å²) >= 11 is 0. The first-order valence-electron chi connectivity index (χ1n) is 14.9. The summed E-state index contributed by atoms with van der Waals surface area (Å²) in [7, 11) is -0.791. The molecule has 3 aliphatic rings. The molecule has 3 atom stereocenters. The van der Waals surface area contributed by atoms with Gasteiger partial charge in [0.15, 0.2) is 0 Å². The summed E-state index contributed by atoms with van der Waals surface area (Å²) < 4.78 is 20.7. The number of benzene rings is 3. The lowest BCUT2D eigenvalue weighted by Gasteiger charge is -2.29. The summed E-state index contributed by atoms with van der Waals surface area (Å²) in [5.74, 6) is 4.18. The molecule has 4 aromatic rings. The van der Waals surface area contributed by atoms with Gasteiger partial charge in [0.1, 0.15) is 6.04 Å². The van der Waals surface area contributed by atoms with E-state index >= 15 is 0 Å². The van der Waals surface area contributed by atoms with E-state index in [2.05, 4.69) is 21.5 Å². The molecule has 234 valence electrons. The maximum Gasteiger partial charge on any atom is 0.411 e. The number of aromatic nitrogens is 1. The first kappa shape index (κ1) is 30.3. The predicted octanol–water partition coefficient (Wildman–Crippen LogP) is 5.16. The van der Waals surface area contributed by atoms with Crippen molar-refractivity contribution in [2.24, 2.45) is 0 Å². The minimum atomic E-state index is -2.51. The zero-order chi connectivity index (χ0) is 31.9. The summed E-state index contributed by atoms with van der Waals surface area (Å²) in [6.45, 7) is 4.88. The van der Waals surface area contributed by atoms with Gasteiger partial charge in [-0.25, -0.2) is 9.00 Å². The molecule has 10 nitrogen and oxygen atoms in total. The molecule has 3 aliphatic heterocycles. The summed E-state index contributed by atoms with van der Waals surface area (Å²) in [4.78, 5) is 44.0. The van der Waals surface area contributed by atoms with Crippen LogP contribution in [0.25, 0.3) is 10.8 Å². The van der Waals surface area contributed by atoms with E-state index in [1.54, 1.807) is 36.3 Å². The van der Waals surface area contributed by atoms with Crippen LogP contribution < -0.4 is 20.5 Å². The first-order valence-corrected chi connectivity index (χ1v) is 16.8. The Hall–Kier alpha value is -4.77. The Bertz CT molecular complexity index is 1970. The monoisotopic (exact) mass is 627 g/mol. The number of rotatable bonds is 3. The SMILES string of the molecule is C=S1(=O)CCCN1c1ccc2cc1CN(C)C(=O)[C@H](Nc1ccc3cc[nH]c(=O)c3c1)c1ccc(c(C)c1)[C@@H](C)COC(=O)N2. The fourth-order valence-electron chi connectivity index (χ4n) is 6.20. The molecule has 1 saturated heterocycles. The maximum absolute atomic E-state index is 14.4. The Morgan fingerprint density at radius 1 is 1.04 bits per heavy atom. The van der Waals surface area contributed by atoms with Gasteiger partial charge in [-0.1, -0.05) is 31.2 Å². The maximum atomic E-state index is 14.4. The molecule has 4 heterocycles. The number of aryl methyl sites for hydroxylation is 1. The van der Waals surface area contributed by atoms with Crippen LogP contribution in [0.4, 0.5) is 21.9 Å². The molecule has 1 unspecified atom stereocenters. The molecule has 45 heavy (non-hydrogen) atoms. The van der Waals surface area contributed by atoms with Gasteiger partial charge in [-0.05, 0) is 83.3 Å². The second-order valence-electron chi connectivity index (χ2n) is 11.9. The number of carbonyl (C=O) groups excluding carboxylic acids is 2. The Morgan fingerprint density at radius 2 is 1.87 bits per heavy atom. The van der Waals surface area contributed by atoms with Gasteiger partial charge in [0.25, 0.3) is 5.56 Å². The van der Waals surface area contributed by atoms with Crippen LogP contribution in [0.1, 0.15) is 47.6 Å². The lowest BCUT2D eigenvalue weighted by Crippen LogP contribution is -2.36. The molecule has 0 spiro atoms. The van der Waals surface area contributed by atoms with E-state index in [1.165, 1.54) is 0 Å². The highest BCUT2D eigenvalue weighted by molar-refractivity contribution is 8.01. The minimum absolute atomic E-state index is 0.0898. The van der Waals surface area contributed by atoms with Gasteiger partial charge in [0, 0.05) is 64.5 Å². The number of anilines is 3. The standard InChI is InChI=1S/C34H37N5O5S/c1-21-16-24-7-10-28(21)22(2)20-44-34(42)37-26-9-11-30(39-14-5-15-45(39,4)43)25(17-26)19-38(3)33(41)31(24)36-27-8-6-23-12-13-35-32(40)29(23)18-27/h6-13,16-18,22,31,36H,4-5,14-15,19-20H2,1-3H3,(H,35,40)(H,37,42)/t22-,31+,45?/m0/s1. The van der Waals surface area contributed by atoms with Crippen molar-refractivity contribution in [1.82, 2.24) is 9.88 Å². The smallest absolute Gasteiger partial charge is 0.411 e. The van der Waals surface area contributed by atoms with Gasteiger partial charge < -0.3 is 19.9 Å². The molecular weight excluding hydrogens is 590 g/mol. The van der Waals surface area contributed by atoms with E-state index in [0.717, 1.165) is 28.5 Å². The van der Waals surface area contributed by atoms with E-state index in [0.29, 0.717) is 40.3 Å². The second kappa shape index (κ2) is 12.0. The zero-order valence-electron chi connectivity index (χ0n) is 25.6. The number of ether oxygens (including phenoxy) is 1. The van der Waals surface area contributed by atoms with Gasteiger partial charge in [-0.3, -0.25) is 19.2 Å². The summed E-state index contributed by atoms with van der Waals surface area (Å²) in [6.07, 6.45) is 1.78. The topological polar surface area (TPSA) is 124 Å². The molecule has 11 heteroatoms. The Kier molecular flexibility index (Phi) is 8.05. The van der Waals surface area contributed by atoms with Crippen molar-refractivity contribution in [3.05, 3.63) is 99.5 Å². The van der Waals surface area contributed by atoms with Crippen molar-refractivity contribution in [2.75, 3.05) is 40.9 Å². The molecule has 0 radical (unpaired) electrons. The lowest BCUT2D eigenvalue weighted by molar-refractivity contribution is -0.131. The number of fused-ring (bicyclic) bond motifs is 10. The van der Waals surface area contributed by atoms with Crippen molar-refractivity contribution >= 4 is 55.4 Å². The average Bonchev–Trinajstić information content (AvgIpc) is 3.36. The Morgan fingerprint density at radius 3 is 2.62 bits per heavy atom. The molecule has 7 rings (SSSR count). The highest BCUT2D eigenvalue weighted by atomic mass is 32.2.